The van der Waals surface area contributed by atoms with Gasteiger partial charge in [-0.05, 0) is 56.7 Å². The monoisotopic (exact) mass is 480 g/mol. The van der Waals surface area contributed by atoms with Crippen LogP contribution in [-0.2, 0) is 21.7 Å². The van der Waals surface area contributed by atoms with Crippen molar-refractivity contribution < 1.29 is 41.8 Å². The second-order valence-corrected chi connectivity index (χ2v) is 13.7. The molecule has 0 aromatic rings. The van der Waals surface area contributed by atoms with Crippen molar-refractivity contribution in [2.75, 3.05) is 0 Å². The molecule has 3 saturated carbocycles. The first kappa shape index (κ1) is 32.9. The van der Waals surface area contributed by atoms with Crippen LogP contribution in [0.25, 0.3) is 0 Å². The maximum atomic E-state index is 9.58. The standard InChI is InChI=1S/C6H16OSi.3C6H12O.Ti/c1-4-8(7,5-2)6-3;3*7-6-4-2-1-3-5-6;/h7H,4-6H2,1-3H3;3*6-7H,1-5H2;. The van der Waals surface area contributed by atoms with Gasteiger partial charge in [-0.3, -0.25) is 0 Å². The first-order chi connectivity index (χ1) is 13.9. The summed E-state index contributed by atoms with van der Waals surface area (Å²) in [5.41, 5.74) is 0. The van der Waals surface area contributed by atoms with E-state index in [0.29, 0.717) is 0 Å². The smallest absolute Gasteiger partial charge is 0.187 e. The van der Waals surface area contributed by atoms with Gasteiger partial charge in [-0.25, -0.2) is 0 Å². The van der Waals surface area contributed by atoms with Gasteiger partial charge in [0.25, 0.3) is 0 Å². The van der Waals surface area contributed by atoms with Gasteiger partial charge in [0.05, 0.1) is 18.3 Å². The molecular weight excluding hydrogens is 428 g/mol. The molecule has 0 radical (unpaired) electrons. The number of rotatable bonds is 3. The summed E-state index contributed by atoms with van der Waals surface area (Å²) < 4.78 is 0. The van der Waals surface area contributed by atoms with E-state index in [1.54, 1.807) is 0 Å². The average molecular weight is 481 g/mol. The van der Waals surface area contributed by atoms with Crippen molar-refractivity contribution in [3.63, 3.8) is 0 Å². The fourth-order valence-corrected chi connectivity index (χ4v) is 5.49. The second kappa shape index (κ2) is 21.6. The van der Waals surface area contributed by atoms with Gasteiger partial charge < -0.3 is 20.1 Å². The Morgan fingerprint density at radius 3 is 0.767 bits per heavy atom. The Balaban J connectivity index is 0. The SMILES string of the molecule is CC[Si](O)(CC)CC.OC1CCCCC1.OC1CCCCC1.OC1CCCCC1.[Ti]. The first-order valence-corrected chi connectivity index (χ1v) is 15.2. The minimum absolute atomic E-state index is 0. The van der Waals surface area contributed by atoms with Crippen LogP contribution < -0.4 is 0 Å². The first-order valence-electron chi connectivity index (χ1n) is 12.6. The van der Waals surface area contributed by atoms with E-state index >= 15 is 0 Å². The normalized spacial score (nSPS) is 20.9. The molecule has 3 aliphatic carbocycles. The third-order valence-corrected chi connectivity index (χ3v) is 10.6. The quantitative estimate of drug-likeness (QED) is 0.378. The van der Waals surface area contributed by atoms with Crippen LogP contribution in [0.3, 0.4) is 0 Å². The summed E-state index contributed by atoms with van der Waals surface area (Å²) in [4.78, 5) is 9.58. The van der Waals surface area contributed by atoms with Crippen LogP contribution in [0.4, 0.5) is 0 Å². The molecule has 180 valence electrons. The molecule has 4 nitrogen and oxygen atoms in total. The summed E-state index contributed by atoms with van der Waals surface area (Å²) >= 11 is 0. The van der Waals surface area contributed by atoms with Crippen LogP contribution in [0.2, 0.25) is 18.1 Å². The van der Waals surface area contributed by atoms with Crippen molar-refractivity contribution in [3.8, 4) is 0 Å². The number of hydrogen-bond acceptors (Lipinski definition) is 4. The van der Waals surface area contributed by atoms with Crippen molar-refractivity contribution in [2.45, 2.75) is 154 Å². The fraction of sp³-hybridized carbons (Fsp3) is 1.00. The Kier molecular flexibility index (Phi) is 23.7. The van der Waals surface area contributed by atoms with Gasteiger partial charge in [0.15, 0.2) is 8.32 Å². The average Bonchev–Trinajstić information content (AvgIpc) is 2.76. The molecule has 0 saturated heterocycles. The van der Waals surface area contributed by atoms with E-state index in [4.69, 9.17) is 15.3 Å². The van der Waals surface area contributed by atoms with Gasteiger partial charge >= 0.3 is 0 Å². The molecule has 3 rings (SSSR count). The fourth-order valence-electron chi connectivity index (χ4n) is 3.99. The minimum Gasteiger partial charge on any atom is -0.432 e. The summed E-state index contributed by atoms with van der Waals surface area (Å²) in [6.07, 6.45) is 17.8. The van der Waals surface area contributed by atoms with Crippen molar-refractivity contribution in [1.82, 2.24) is 0 Å². The molecule has 3 aliphatic rings. The predicted molar refractivity (Wildman–Crippen MR) is 127 cm³/mol. The van der Waals surface area contributed by atoms with E-state index in [1.165, 1.54) is 57.8 Å². The van der Waals surface area contributed by atoms with Crippen molar-refractivity contribution in [2.24, 2.45) is 0 Å². The molecule has 0 heterocycles. The van der Waals surface area contributed by atoms with Crippen LogP contribution in [-0.4, -0.2) is 46.7 Å². The van der Waals surface area contributed by atoms with Crippen LogP contribution in [0.5, 0.6) is 0 Å². The molecule has 4 N–H and O–H groups in total. The summed E-state index contributed by atoms with van der Waals surface area (Å²) in [5, 5.41) is 26.7. The van der Waals surface area contributed by atoms with Gasteiger partial charge in [0, 0.05) is 21.7 Å². The maximum absolute atomic E-state index is 9.58. The summed E-state index contributed by atoms with van der Waals surface area (Å²) in [6, 6.07) is 3.04. The molecule has 0 bridgehead atoms. The molecule has 6 heteroatoms. The molecule has 0 unspecified atom stereocenters. The molecule has 0 amide bonds. The molecule has 0 aliphatic heterocycles. The molecule has 0 aromatic heterocycles. The van der Waals surface area contributed by atoms with Gasteiger partial charge in [-0.1, -0.05) is 78.6 Å². The Labute approximate surface area is 203 Å². The molecule has 0 aromatic carbocycles. The largest absolute Gasteiger partial charge is 0.432 e. The zero-order chi connectivity index (χ0) is 22.0. The van der Waals surface area contributed by atoms with E-state index in [2.05, 4.69) is 20.8 Å². The summed E-state index contributed by atoms with van der Waals surface area (Å²) in [5.74, 6) is 0. The molecule has 3 fully saturated rings. The van der Waals surface area contributed by atoms with Crippen LogP contribution >= 0.6 is 0 Å². The number of aliphatic hydroxyl groups excluding tert-OH is 3. The van der Waals surface area contributed by atoms with Crippen molar-refractivity contribution in [1.29, 1.82) is 0 Å². The second-order valence-electron chi connectivity index (χ2n) is 9.16. The Bertz CT molecular complexity index is 292. The molecule has 30 heavy (non-hydrogen) atoms. The van der Waals surface area contributed by atoms with Crippen LogP contribution in [0, 0.1) is 0 Å². The van der Waals surface area contributed by atoms with Crippen molar-refractivity contribution >= 4 is 8.32 Å². The zero-order valence-electron chi connectivity index (χ0n) is 20.2. The van der Waals surface area contributed by atoms with Gasteiger partial charge in [-0.2, -0.15) is 0 Å². The van der Waals surface area contributed by atoms with E-state index in [1.807, 2.05) is 0 Å². The van der Waals surface area contributed by atoms with Gasteiger partial charge in [0.1, 0.15) is 0 Å². The van der Waals surface area contributed by atoms with Crippen LogP contribution in [0.1, 0.15) is 117 Å². The van der Waals surface area contributed by atoms with E-state index in [-0.39, 0.29) is 40.0 Å². The Hall–Kier alpha value is 0.771. The van der Waals surface area contributed by atoms with Crippen LogP contribution in [0.15, 0.2) is 0 Å². The van der Waals surface area contributed by atoms with Gasteiger partial charge in [-0.15, -0.1) is 0 Å². The van der Waals surface area contributed by atoms with E-state index in [0.717, 1.165) is 56.7 Å². The molecule has 0 atom stereocenters. The zero-order valence-corrected chi connectivity index (χ0v) is 22.8. The molecule has 0 spiro atoms. The van der Waals surface area contributed by atoms with Gasteiger partial charge in [0.2, 0.25) is 0 Å². The Morgan fingerprint density at radius 1 is 0.500 bits per heavy atom. The topological polar surface area (TPSA) is 80.9 Å². The predicted octanol–water partition coefficient (Wildman–Crippen LogP) is 5.92. The third kappa shape index (κ3) is 19.5. The third-order valence-electron chi connectivity index (χ3n) is 6.70. The Morgan fingerprint density at radius 2 is 0.700 bits per heavy atom. The summed E-state index contributed by atoms with van der Waals surface area (Å²) in [7, 11) is -1.67. The van der Waals surface area contributed by atoms with Crippen molar-refractivity contribution in [3.05, 3.63) is 0 Å². The minimum atomic E-state index is -1.67. The van der Waals surface area contributed by atoms with E-state index in [9.17, 15) is 4.80 Å². The number of aliphatic hydroxyl groups is 3. The van der Waals surface area contributed by atoms with E-state index < -0.39 is 8.32 Å². The summed E-state index contributed by atoms with van der Waals surface area (Å²) in [6.45, 7) is 6.25. The maximum Gasteiger partial charge on any atom is 0.187 e. The molecular formula is C24H52O4SiTi. The number of hydrogen-bond donors (Lipinski definition) is 4.